The molecule has 2 nitrogen and oxygen atoms in total. The normalized spacial score (nSPS) is 17.4. The SMILES string of the molecule is O=C(O)CC1(CCc2cc(F)c(F)cc2F)CCCC1. The van der Waals surface area contributed by atoms with Gasteiger partial charge < -0.3 is 5.11 Å². The molecule has 1 aromatic rings. The molecular formula is C15H17F3O2. The molecule has 1 aliphatic carbocycles. The maximum atomic E-state index is 13.6. The number of benzene rings is 1. The number of carboxylic acids is 1. The Kier molecular flexibility index (Phi) is 4.35. The lowest BCUT2D eigenvalue weighted by molar-refractivity contribution is -0.139. The van der Waals surface area contributed by atoms with Gasteiger partial charge in [0.25, 0.3) is 0 Å². The lowest BCUT2D eigenvalue weighted by Gasteiger charge is -2.27. The number of aryl methyl sites for hydroxylation is 1. The quantitative estimate of drug-likeness (QED) is 0.828. The molecule has 0 unspecified atom stereocenters. The van der Waals surface area contributed by atoms with Crippen molar-refractivity contribution in [2.45, 2.75) is 44.9 Å². The zero-order valence-electron chi connectivity index (χ0n) is 11.1. The van der Waals surface area contributed by atoms with E-state index >= 15 is 0 Å². The van der Waals surface area contributed by atoms with E-state index < -0.39 is 23.4 Å². The first kappa shape index (κ1) is 14.9. The molecule has 2 rings (SSSR count). The van der Waals surface area contributed by atoms with Gasteiger partial charge in [-0.3, -0.25) is 4.79 Å². The van der Waals surface area contributed by atoms with Gasteiger partial charge in [-0.15, -0.1) is 0 Å². The number of hydrogen-bond donors (Lipinski definition) is 1. The summed E-state index contributed by atoms with van der Waals surface area (Å²) in [6.07, 6.45) is 4.30. The van der Waals surface area contributed by atoms with Gasteiger partial charge in [-0.1, -0.05) is 12.8 Å². The fourth-order valence-electron chi connectivity index (χ4n) is 3.12. The summed E-state index contributed by atoms with van der Waals surface area (Å²) in [5, 5.41) is 8.99. The first-order valence-corrected chi connectivity index (χ1v) is 6.77. The summed E-state index contributed by atoms with van der Waals surface area (Å²) in [7, 11) is 0. The van der Waals surface area contributed by atoms with Crippen LogP contribution >= 0.6 is 0 Å². The molecule has 0 atom stereocenters. The van der Waals surface area contributed by atoms with Crippen molar-refractivity contribution in [2.24, 2.45) is 5.41 Å². The fraction of sp³-hybridized carbons (Fsp3) is 0.533. The maximum Gasteiger partial charge on any atom is 0.303 e. The second-order valence-corrected chi connectivity index (χ2v) is 5.64. The van der Waals surface area contributed by atoms with Crippen LogP contribution in [0.15, 0.2) is 12.1 Å². The average Bonchev–Trinajstić information content (AvgIpc) is 2.80. The predicted octanol–water partition coefficient (Wildman–Crippen LogP) is 4.07. The van der Waals surface area contributed by atoms with Crippen LogP contribution < -0.4 is 0 Å². The molecule has 0 bridgehead atoms. The first-order valence-electron chi connectivity index (χ1n) is 6.77. The fourth-order valence-corrected chi connectivity index (χ4v) is 3.12. The van der Waals surface area contributed by atoms with E-state index in [2.05, 4.69) is 0 Å². The minimum atomic E-state index is -1.20. The molecule has 0 amide bonds. The Morgan fingerprint density at radius 2 is 1.70 bits per heavy atom. The Balaban J connectivity index is 2.10. The standard InChI is InChI=1S/C15H17F3O2/c16-11-8-13(18)12(17)7-10(11)3-6-15(9-14(19)20)4-1-2-5-15/h7-8H,1-6,9H2,(H,19,20). The van der Waals surface area contributed by atoms with Crippen LogP contribution in [0.25, 0.3) is 0 Å². The van der Waals surface area contributed by atoms with Crippen molar-refractivity contribution in [1.82, 2.24) is 0 Å². The summed E-state index contributed by atoms with van der Waals surface area (Å²) in [5.41, 5.74) is -0.219. The summed E-state index contributed by atoms with van der Waals surface area (Å²) >= 11 is 0. The second kappa shape index (κ2) is 5.85. The monoisotopic (exact) mass is 286 g/mol. The average molecular weight is 286 g/mol. The van der Waals surface area contributed by atoms with Gasteiger partial charge in [-0.05, 0) is 42.7 Å². The van der Waals surface area contributed by atoms with Crippen LogP contribution in [0, 0.1) is 22.9 Å². The van der Waals surface area contributed by atoms with Gasteiger partial charge in [0.1, 0.15) is 5.82 Å². The van der Waals surface area contributed by atoms with Crippen molar-refractivity contribution >= 4 is 5.97 Å². The summed E-state index contributed by atoms with van der Waals surface area (Å²) in [6, 6.07) is 1.41. The topological polar surface area (TPSA) is 37.3 Å². The van der Waals surface area contributed by atoms with Crippen LogP contribution in [0.3, 0.4) is 0 Å². The zero-order chi connectivity index (χ0) is 14.8. The smallest absolute Gasteiger partial charge is 0.303 e. The number of carbonyl (C=O) groups is 1. The van der Waals surface area contributed by atoms with Crippen LogP contribution in [0.4, 0.5) is 13.2 Å². The van der Waals surface area contributed by atoms with Gasteiger partial charge in [0.2, 0.25) is 0 Å². The molecule has 1 fully saturated rings. The molecule has 20 heavy (non-hydrogen) atoms. The van der Waals surface area contributed by atoms with Gasteiger partial charge in [0, 0.05) is 6.07 Å². The van der Waals surface area contributed by atoms with Gasteiger partial charge in [-0.25, -0.2) is 13.2 Å². The second-order valence-electron chi connectivity index (χ2n) is 5.64. The van der Waals surface area contributed by atoms with Crippen LogP contribution in [0.2, 0.25) is 0 Å². The summed E-state index contributed by atoms with van der Waals surface area (Å²) in [5.74, 6) is -3.91. The van der Waals surface area contributed by atoms with Crippen molar-refractivity contribution in [3.8, 4) is 0 Å². The minimum Gasteiger partial charge on any atom is -0.481 e. The number of hydrogen-bond acceptors (Lipinski definition) is 1. The molecular weight excluding hydrogens is 269 g/mol. The van der Waals surface area contributed by atoms with Crippen molar-refractivity contribution in [3.05, 3.63) is 35.1 Å². The molecule has 0 aromatic heterocycles. The van der Waals surface area contributed by atoms with Gasteiger partial charge in [-0.2, -0.15) is 0 Å². The lowest BCUT2D eigenvalue weighted by atomic mass is 9.77. The van der Waals surface area contributed by atoms with E-state index in [1.165, 1.54) is 0 Å². The van der Waals surface area contributed by atoms with Crippen LogP contribution in [-0.2, 0) is 11.2 Å². The van der Waals surface area contributed by atoms with Crippen molar-refractivity contribution in [2.75, 3.05) is 0 Å². The molecule has 0 radical (unpaired) electrons. The predicted molar refractivity (Wildman–Crippen MR) is 67.8 cm³/mol. The number of rotatable bonds is 5. The minimum absolute atomic E-state index is 0.0539. The summed E-state index contributed by atoms with van der Waals surface area (Å²) in [4.78, 5) is 11.0. The van der Waals surface area contributed by atoms with Gasteiger partial charge in [0.15, 0.2) is 11.6 Å². The van der Waals surface area contributed by atoms with Gasteiger partial charge in [0.05, 0.1) is 6.42 Å². The molecule has 1 N–H and O–H groups in total. The Labute approximate surface area is 115 Å². The molecule has 0 aliphatic heterocycles. The molecule has 1 aliphatic rings. The Morgan fingerprint density at radius 1 is 1.10 bits per heavy atom. The third-order valence-electron chi connectivity index (χ3n) is 4.20. The largest absolute Gasteiger partial charge is 0.481 e. The highest BCUT2D eigenvalue weighted by Crippen LogP contribution is 2.44. The molecule has 0 saturated heterocycles. The van der Waals surface area contributed by atoms with E-state index in [1.54, 1.807) is 0 Å². The highest BCUT2D eigenvalue weighted by atomic mass is 19.2. The maximum absolute atomic E-state index is 13.6. The van der Waals surface area contributed by atoms with Crippen LogP contribution in [0.1, 0.15) is 44.1 Å². The summed E-state index contributed by atoms with van der Waals surface area (Å²) < 4.78 is 39.6. The lowest BCUT2D eigenvalue weighted by Crippen LogP contribution is -2.22. The van der Waals surface area contributed by atoms with E-state index in [0.717, 1.165) is 31.7 Å². The third-order valence-corrected chi connectivity index (χ3v) is 4.20. The van der Waals surface area contributed by atoms with E-state index in [4.69, 9.17) is 5.11 Å². The molecule has 5 heteroatoms. The molecule has 1 aromatic carbocycles. The number of halogens is 3. The Bertz CT molecular complexity index is 508. The van der Waals surface area contributed by atoms with E-state index in [9.17, 15) is 18.0 Å². The van der Waals surface area contributed by atoms with Crippen molar-refractivity contribution in [3.63, 3.8) is 0 Å². The Hall–Kier alpha value is -1.52. The highest BCUT2D eigenvalue weighted by molar-refractivity contribution is 5.67. The first-order chi connectivity index (χ1) is 9.42. The Morgan fingerprint density at radius 3 is 2.30 bits per heavy atom. The highest BCUT2D eigenvalue weighted by Gasteiger charge is 2.35. The van der Waals surface area contributed by atoms with E-state index in [0.29, 0.717) is 12.5 Å². The molecule has 1 saturated carbocycles. The van der Waals surface area contributed by atoms with Crippen LogP contribution in [-0.4, -0.2) is 11.1 Å². The van der Waals surface area contributed by atoms with Crippen LogP contribution in [0.5, 0.6) is 0 Å². The van der Waals surface area contributed by atoms with E-state index in [-0.39, 0.29) is 23.8 Å². The van der Waals surface area contributed by atoms with E-state index in [1.807, 2.05) is 0 Å². The van der Waals surface area contributed by atoms with Crippen molar-refractivity contribution < 1.29 is 23.1 Å². The zero-order valence-corrected chi connectivity index (χ0v) is 11.1. The third kappa shape index (κ3) is 3.32. The summed E-state index contributed by atoms with van der Waals surface area (Å²) in [6.45, 7) is 0. The van der Waals surface area contributed by atoms with Crippen molar-refractivity contribution in [1.29, 1.82) is 0 Å². The van der Waals surface area contributed by atoms with Gasteiger partial charge >= 0.3 is 5.97 Å². The molecule has 110 valence electrons. The molecule has 0 heterocycles. The molecule has 0 spiro atoms. The number of aliphatic carboxylic acids is 1. The number of carboxylic acid groups (broad SMARTS) is 1.